The Hall–Kier alpha value is -2.49. The van der Waals surface area contributed by atoms with Crippen molar-refractivity contribution in [3.8, 4) is 5.75 Å². The molecule has 3 rings (SSSR count). The van der Waals surface area contributed by atoms with Gasteiger partial charge in [-0.1, -0.05) is 18.2 Å². The van der Waals surface area contributed by atoms with Crippen molar-refractivity contribution in [3.63, 3.8) is 0 Å². The highest BCUT2D eigenvalue weighted by Gasteiger charge is 2.32. The van der Waals surface area contributed by atoms with Crippen molar-refractivity contribution in [1.82, 2.24) is 15.8 Å². The molecule has 1 aromatic carbocycles. The summed E-state index contributed by atoms with van der Waals surface area (Å²) >= 11 is 1.24. The summed E-state index contributed by atoms with van der Waals surface area (Å²) in [7, 11) is 2.92. The van der Waals surface area contributed by atoms with Gasteiger partial charge >= 0.3 is 5.97 Å². The minimum Gasteiger partial charge on any atom is -0.496 e. The van der Waals surface area contributed by atoms with Gasteiger partial charge in [0.05, 0.1) is 20.3 Å². The molecule has 0 saturated carbocycles. The molecule has 9 heteroatoms. The van der Waals surface area contributed by atoms with Gasteiger partial charge in [0.15, 0.2) is 10.8 Å². The number of aryl methyl sites for hydroxylation is 1. The Morgan fingerprint density at radius 3 is 2.77 bits per heavy atom. The number of nitrogens with one attached hydrogen (secondary N) is 3. The second kappa shape index (κ2) is 7.81. The Morgan fingerprint density at radius 1 is 1.27 bits per heavy atom. The Kier molecular flexibility index (Phi) is 5.50. The van der Waals surface area contributed by atoms with E-state index in [1.807, 2.05) is 24.3 Å². The van der Waals surface area contributed by atoms with Gasteiger partial charge in [0.25, 0.3) is 0 Å². The zero-order chi connectivity index (χ0) is 18.7. The van der Waals surface area contributed by atoms with Gasteiger partial charge in [-0.15, -0.1) is 11.3 Å². The van der Waals surface area contributed by atoms with E-state index in [2.05, 4.69) is 25.9 Å². The Morgan fingerprint density at radius 2 is 2.04 bits per heavy atom. The predicted molar refractivity (Wildman–Crippen MR) is 97.2 cm³/mol. The standard InChI is InChI=1S/C17H20N4O4S/c1-9-14(16(23)25-3)18-17(26-9)19-15(22)12-8-11(20-21-12)10-6-4-5-7-13(10)24-2/h4-7,11-12,20-21H,8H2,1-3H3,(H,18,19,22). The molecular weight excluding hydrogens is 356 g/mol. The van der Waals surface area contributed by atoms with E-state index in [0.717, 1.165) is 11.3 Å². The van der Waals surface area contributed by atoms with Crippen molar-refractivity contribution in [1.29, 1.82) is 0 Å². The van der Waals surface area contributed by atoms with Crippen molar-refractivity contribution in [2.45, 2.75) is 25.4 Å². The van der Waals surface area contributed by atoms with Gasteiger partial charge in [-0.05, 0) is 19.4 Å². The van der Waals surface area contributed by atoms with Crippen LogP contribution in [-0.2, 0) is 9.53 Å². The minimum atomic E-state index is -0.517. The summed E-state index contributed by atoms with van der Waals surface area (Å²) in [6.07, 6.45) is 0.556. The molecule has 138 valence electrons. The van der Waals surface area contributed by atoms with Crippen molar-refractivity contribution in [2.24, 2.45) is 0 Å². The second-order valence-corrected chi connectivity index (χ2v) is 6.98. The number of esters is 1. The first-order valence-electron chi connectivity index (χ1n) is 8.04. The molecule has 1 aliphatic heterocycles. The number of ether oxygens (including phenoxy) is 2. The van der Waals surface area contributed by atoms with Crippen LogP contribution in [0.1, 0.15) is 33.4 Å². The lowest BCUT2D eigenvalue weighted by molar-refractivity contribution is -0.117. The summed E-state index contributed by atoms with van der Waals surface area (Å²) in [4.78, 5) is 29.0. The number of aromatic nitrogens is 1. The quantitative estimate of drug-likeness (QED) is 0.684. The molecule has 1 aromatic heterocycles. The van der Waals surface area contributed by atoms with E-state index in [1.165, 1.54) is 18.4 Å². The molecule has 0 bridgehead atoms. The fourth-order valence-corrected chi connectivity index (χ4v) is 3.62. The average Bonchev–Trinajstić information content (AvgIpc) is 3.28. The number of hydrogen-bond acceptors (Lipinski definition) is 8. The van der Waals surface area contributed by atoms with Crippen molar-refractivity contribution >= 4 is 28.3 Å². The number of nitrogens with zero attached hydrogens (tertiary/aromatic N) is 1. The zero-order valence-electron chi connectivity index (χ0n) is 14.7. The van der Waals surface area contributed by atoms with Crippen LogP contribution in [0.15, 0.2) is 24.3 Å². The number of carbonyl (C=O) groups is 2. The third-order valence-corrected chi connectivity index (χ3v) is 5.03. The molecule has 26 heavy (non-hydrogen) atoms. The van der Waals surface area contributed by atoms with Gasteiger partial charge in [-0.2, -0.15) is 0 Å². The van der Waals surface area contributed by atoms with Gasteiger partial charge in [-0.25, -0.2) is 20.6 Å². The third-order valence-electron chi connectivity index (χ3n) is 4.14. The smallest absolute Gasteiger partial charge is 0.357 e. The highest BCUT2D eigenvalue weighted by Crippen LogP contribution is 2.30. The molecule has 1 amide bonds. The molecule has 1 aliphatic rings. The number of para-hydroxylation sites is 1. The van der Waals surface area contributed by atoms with Crippen LogP contribution < -0.4 is 20.9 Å². The zero-order valence-corrected chi connectivity index (χ0v) is 15.5. The maximum atomic E-state index is 12.5. The van der Waals surface area contributed by atoms with E-state index in [9.17, 15) is 9.59 Å². The first-order valence-corrected chi connectivity index (χ1v) is 8.85. The highest BCUT2D eigenvalue weighted by atomic mass is 32.1. The SMILES string of the molecule is COC(=O)c1nc(NC(=O)C2CC(c3ccccc3OC)NN2)sc1C. The van der Waals surface area contributed by atoms with E-state index in [-0.39, 0.29) is 17.6 Å². The largest absolute Gasteiger partial charge is 0.496 e. The fourth-order valence-electron chi connectivity index (χ4n) is 2.81. The lowest BCUT2D eigenvalue weighted by atomic mass is 10.0. The third kappa shape index (κ3) is 3.69. The number of thiazole rings is 1. The predicted octanol–water partition coefficient (Wildman–Crippen LogP) is 1.79. The Bertz CT molecular complexity index is 823. The van der Waals surface area contributed by atoms with Crippen LogP contribution >= 0.6 is 11.3 Å². The molecule has 2 atom stereocenters. The van der Waals surface area contributed by atoms with Crippen LogP contribution in [0.4, 0.5) is 5.13 Å². The fraction of sp³-hybridized carbons (Fsp3) is 0.353. The molecule has 0 aliphatic carbocycles. The average molecular weight is 376 g/mol. The molecule has 1 fully saturated rings. The van der Waals surface area contributed by atoms with Crippen LogP contribution in [0.25, 0.3) is 0 Å². The molecular formula is C17H20N4O4S. The Labute approximate surface area is 154 Å². The van der Waals surface area contributed by atoms with E-state index in [4.69, 9.17) is 4.74 Å². The molecule has 3 N–H and O–H groups in total. The molecule has 2 unspecified atom stereocenters. The number of anilines is 1. The van der Waals surface area contributed by atoms with Crippen LogP contribution in [0.3, 0.4) is 0 Å². The van der Waals surface area contributed by atoms with Gasteiger partial charge < -0.3 is 14.8 Å². The first-order chi connectivity index (χ1) is 12.5. The van der Waals surface area contributed by atoms with Gasteiger partial charge in [-0.3, -0.25) is 4.79 Å². The van der Waals surface area contributed by atoms with Gasteiger partial charge in [0.2, 0.25) is 5.91 Å². The van der Waals surface area contributed by atoms with Crippen LogP contribution in [0.5, 0.6) is 5.75 Å². The number of hydrazine groups is 1. The monoisotopic (exact) mass is 376 g/mol. The summed E-state index contributed by atoms with van der Waals surface area (Å²) in [5, 5.41) is 3.12. The summed E-state index contributed by atoms with van der Waals surface area (Å²) in [6.45, 7) is 1.76. The lowest BCUT2D eigenvalue weighted by Gasteiger charge is -2.13. The number of carbonyl (C=O) groups excluding carboxylic acids is 2. The minimum absolute atomic E-state index is 0.0504. The molecule has 0 spiro atoms. The second-order valence-electron chi connectivity index (χ2n) is 5.78. The first kappa shape index (κ1) is 18.3. The van der Waals surface area contributed by atoms with Gasteiger partial charge in [0.1, 0.15) is 11.8 Å². The normalized spacial score (nSPS) is 19.2. The molecule has 0 radical (unpaired) electrons. The van der Waals surface area contributed by atoms with Crippen molar-refractivity contribution < 1.29 is 19.1 Å². The number of methoxy groups -OCH3 is 2. The van der Waals surface area contributed by atoms with Crippen LogP contribution in [0.2, 0.25) is 0 Å². The lowest BCUT2D eigenvalue weighted by Crippen LogP contribution is -2.39. The number of benzene rings is 1. The van der Waals surface area contributed by atoms with E-state index < -0.39 is 12.0 Å². The Balaban J connectivity index is 1.66. The van der Waals surface area contributed by atoms with Crippen molar-refractivity contribution in [3.05, 3.63) is 40.4 Å². The van der Waals surface area contributed by atoms with Gasteiger partial charge in [0, 0.05) is 10.4 Å². The van der Waals surface area contributed by atoms with Crippen LogP contribution in [-0.4, -0.2) is 37.1 Å². The van der Waals surface area contributed by atoms with E-state index >= 15 is 0 Å². The summed E-state index contributed by atoms with van der Waals surface area (Å²) in [5.74, 6) is 0.0299. The maximum Gasteiger partial charge on any atom is 0.357 e. The number of amides is 1. The topological polar surface area (TPSA) is 102 Å². The van der Waals surface area contributed by atoms with Crippen LogP contribution in [0, 0.1) is 6.92 Å². The number of hydrogen-bond donors (Lipinski definition) is 3. The maximum absolute atomic E-state index is 12.5. The summed E-state index contributed by atoms with van der Waals surface area (Å²) in [5.41, 5.74) is 7.33. The summed E-state index contributed by atoms with van der Waals surface area (Å²) < 4.78 is 10.1. The van der Waals surface area contributed by atoms with E-state index in [1.54, 1.807) is 14.0 Å². The number of rotatable bonds is 5. The van der Waals surface area contributed by atoms with E-state index in [0.29, 0.717) is 16.4 Å². The molecule has 8 nitrogen and oxygen atoms in total. The molecule has 1 saturated heterocycles. The molecule has 2 heterocycles. The highest BCUT2D eigenvalue weighted by molar-refractivity contribution is 7.16. The van der Waals surface area contributed by atoms with Crippen molar-refractivity contribution in [2.75, 3.05) is 19.5 Å². The molecule has 2 aromatic rings. The summed E-state index contributed by atoms with van der Waals surface area (Å²) in [6, 6.07) is 7.20.